The molecular formula is C14H27NO4. The van der Waals surface area contributed by atoms with Crippen molar-refractivity contribution in [2.24, 2.45) is 0 Å². The van der Waals surface area contributed by atoms with Gasteiger partial charge >= 0.3 is 5.97 Å². The van der Waals surface area contributed by atoms with Gasteiger partial charge in [-0.05, 0) is 40.2 Å². The summed E-state index contributed by atoms with van der Waals surface area (Å²) in [6, 6.07) is -0.0798. The quantitative estimate of drug-likeness (QED) is 0.473. The normalized spacial score (nSPS) is 20.1. The van der Waals surface area contributed by atoms with Crippen LogP contribution in [0.25, 0.3) is 0 Å². The fourth-order valence-electron chi connectivity index (χ4n) is 2.46. The Morgan fingerprint density at radius 2 is 1.89 bits per heavy atom. The highest BCUT2D eigenvalue weighted by Gasteiger charge is 2.31. The van der Waals surface area contributed by atoms with Crippen molar-refractivity contribution in [3.05, 3.63) is 0 Å². The molecule has 5 nitrogen and oxygen atoms in total. The minimum absolute atomic E-state index is 0.0798. The average molecular weight is 273 g/mol. The molecule has 1 aliphatic heterocycles. The van der Waals surface area contributed by atoms with Crippen LogP contribution < -0.4 is 0 Å². The summed E-state index contributed by atoms with van der Waals surface area (Å²) in [7, 11) is 0. The zero-order valence-corrected chi connectivity index (χ0v) is 12.4. The zero-order valence-electron chi connectivity index (χ0n) is 12.4. The van der Waals surface area contributed by atoms with Crippen molar-refractivity contribution in [3.8, 4) is 0 Å². The molecule has 1 rings (SSSR count). The minimum atomic E-state index is -0.168. The smallest absolute Gasteiger partial charge is 0.323 e. The third kappa shape index (κ3) is 5.47. The molecule has 1 saturated heterocycles. The number of hydrogen-bond acceptors (Lipinski definition) is 5. The van der Waals surface area contributed by atoms with Crippen molar-refractivity contribution >= 4 is 5.97 Å². The van der Waals surface area contributed by atoms with E-state index in [0.29, 0.717) is 19.8 Å². The van der Waals surface area contributed by atoms with Gasteiger partial charge in [-0.2, -0.15) is 0 Å². The predicted octanol–water partition coefficient (Wildman–Crippen LogP) is 1.80. The van der Waals surface area contributed by atoms with Gasteiger partial charge in [-0.3, -0.25) is 9.69 Å². The van der Waals surface area contributed by atoms with Crippen LogP contribution >= 0.6 is 0 Å². The molecule has 0 amide bonds. The standard InChI is InChI=1S/C14H27NO4/c1-4-17-13(18-5-2)9-11-15-10-7-8-12(15)14(16)19-6-3/h12-13H,4-11H2,1-3H3. The summed E-state index contributed by atoms with van der Waals surface area (Å²) in [5, 5.41) is 0. The molecule has 0 aliphatic carbocycles. The second-order valence-electron chi connectivity index (χ2n) is 4.57. The summed E-state index contributed by atoms with van der Waals surface area (Å²) in [6.45, 7) is 9.27. The van der Waals surface area contributed by atoms with Gasteiger partial charge in [0.25, 0.3) is 0 Å². The number of nitrogens with zero attached hydrogens (tertiary/aromatic N) is 1. The number of hydrogen-bond donors (Lipinski definition) is 0. The minimum Gasteiger partial charge on any atom is -0.465 e. The highest BCUT2D eigenvalue weighted by molar-refractivity contribution is 5.76. The van der Waals surface area contributed by atoms with E-state index in [1.54, 1.807) is 0 Å². The zero-order chi connectivity index (χ0) is 14.1. The summed E-state index contributed by atoms with van der Waals surface area (Å²) in [5.74, 6) is -0.0932. The number of ether oxygens (including phenoxy) is 3. The van der Waals surface area contributed by atoms with E-state index in [-0.39, 0.29) is 18.3 Å². The molecule has 0 aromatic rings. The van der Waals surface area contributed by atoms with E-state index in [4.69, 9.17) is 14.2 Å². The maximum atomic E-state index is 11.8. The van der Waals surface area contributed by atoms with Crippen molar-refractivity contribution in [3.63, 3.8) is 0 Å². The Bertz CT molecular complexity index is 254. The molecule has 0 spiro atoms. The maximum Gasteiger partial charge on any atom is 0.323 e. The Morgan fingerprint density at radius 1 is 1.21 bits per heavy atom. The van der Waals surface area contributed by atoms with E-state index in [0.717, 1.165) is 32.4 Å². The van der Waals surface area contributed by atoms with E-state index in [1.165, 1.54) is 0 Å². The largest absolute Gasteiger partial charge is 0.465 e. The fraction of sp³-hybridized carbons (Fsp3) is 0.929. The van der Waals surface area contributed by atoms with E-state index in [9.17, 15) is 4.79 Å². The number of carbonyl (C=O) groups excluding carboxylic acids is 1. The highest BCUT2D eigenvalue weighted by Crippen LogP contribution is 2.19. The van der Waals surface area contributed by atoms with Crippen molar-refractivity contribution in [1.82, 2.24) is 4.90 Å². The molecule has 1 unspecified atom stereocenters. The van der Waals surface area contributed by atoms with Gasteiger partial charge < -0.3 is 14.2 Å². The molecule has 1 heterocycles. The van der Waals surface area contributed by atoms with Gasteiger partial charge in [-0.25, -0.2) is 0 Å². The van der Waals surface area contributed by atoms with Crippen LogP contribution in [-0.2, 0) is 19.0 Å². The Labute approximate surface area is 116 Å². The van der Waals surface area contributed by atoms with Gasteiger partial charge in [0.2, 0.25) is 0 Å². The second kappa shape index (κ2) is 9.28. The van der Waals surface area contributed by atoms with E-state index < -0.39 is 0 Å². The Hall–Kier alpha value is -0.650. The molecule has 0 aromatic heterocycles. The summed E-state index contributed by atoms with van der Waals surface area (Å²) >= 11 is 0. The predicted molar refractivity (Wildman–Crippen MR) is 72.9 cm³/mol. The molecule has 1 fully saturated rings. The molecule has 0 radical (unpaired) electrons. The molecule has 112 valence electrons. The average Bonchev–Trinajstić information content (AvgIpc) is 2.85. The SMILES string of the molecule is CCOC(=O)C1CCCN1CCC(OCC)OCC. The first-order chi connectivity index (χ1) is 9.22. The number of carbonyl (C=O) groups is 1. The summed E-state index contributed by atoms with van der Waals surface area (Å²) < 4.78 is 16.2. The molecule has 0 bridgehead atoms. The molecule has 1 atom stereocenters. The van der Waals surface area contributed by atoms with Crippen LogP contribution in [0.3, 0.4) is 0 Å². The lowest BCUT2D eigenvalue weighted by Crippen LogP contribution is -2.39. The molecule has 1 aliphatic rings. The van der Waals surface area contributed by atoms with Gasteiger partial charge in [0.05, 0.1) is 6.61 Å². The summed E-state index contributed by atoms with van der Waals surface area (Å²) in [6.07, 6.45) is 2.57. The first-order valence-corrected chi connectivity index (χ1v) is 7.36. The number of rotatable bonds is 9. The van der Waals surface area contributed by atoms with Crippen molar-refractivity contribution in [2.45, 2.75) is 52.4 Å². The molecule has 19 heavy (non-hydrogen) atoms. The third-order valence-electron chi connectivity index (χ3n) is 3.28. The van der Waals surface area contributed by atoms with Crippen LogP contribution in [0.2, 0.25) is 0 Å². The summed E-state index contributed by atoms with van der Waals surface area (Å²) in [5.41, 5.74) is 0. The number of esters is 1. The Morgan fingerprint density at radius 3 is 2.47 bits per heavy atom. The number of likely N-dealkylation sites (tertiary alicyclic amines) is 1. The Kier molecular flexibility index (Phi) is 8.02. The van der Waals surface area contributed by atoms with Gasteiger partial charge in [-0.1, -0.05) is 0 Å². The van der Waals surface area contributed by atoms with E-state index >= 15 is 0 Å². The molecule has 0 aromatic carbocycles. The lowest BCUT2D eigenvalue weighted by Gasteiger charge is -2.25. The van der Waals surface area contributed by atoms with Crippen LogP contribution in [0.15, 0.2) is 0 Å². The molecular weight excluding hydrogens is 246 g/mol. The first kappa shape index (κ1) is 16.4. The van der Waals surface area contributed by atoms with Gasteiger partial charge in [0.15, 0.2) is 6.29 Å². The van der Waals surface area contributed by atoms with Crippen LogP contribution in [0.5, 0.6) is 0 Å². The molecule has 0 N–H and O–H groups in total. The van der Waals surface area contributed by atoms with Crippen LogP contribution in [0.4, 0.5) is 0 Å². The first-order valence-electron chi connectivity index (χ1n) is 7.36. The Balaban J connectivity index is 2.39. The van der Waals surface area contributed by atoms with Gasteiger partial charge in [0, 0.05) is 26.2 Å². The summed E-state index contributed by atoms with van der Waals surface area (Å²) in [4.78, 5) is 14.0. The monoisotopic (exact) mass is 273 g/mol. The van der Waals surface area contributed by atoms with Gasteiger partial charge in [-0.15, -0.1) is 0 Å². The van der Waals surface area contributed by atoms with Crippen molar-refractivity contribution in [1.29, 1.82) is 0 Å². The highest BCUT2D eigenvalue weighted by atomic mass is 16.7. The van der Waals surface area contributed by atoms with Crippen LogP contribution in [0.1, 0.15) is 40.0 Å². The van der Waals surface area contributed by atoms with Crippen LogP contribution in [0, 0.1) is 0 Å². The van der Waals surface area contributed by atoms with Crippen LogP contribution in [-0.4, -0.2) is 56.1 Å². The lowest BCUT2D eigenvalue weighted by molar-refractivity contribution is -0.152. The second-order valence-corrected chi connectivity index (χ2v) is 4.57. The van der Waals surface area contributed by atoms with Crippen molar-refractivity contribution in [2.75, 3.05) is 32.9 Å². The van der Waals surface area contributed by atoms with E-state index in [1.807, 2.05) is 20.8 Å². The van der Waals surface area contributed by atoms with E-state index in [2.05, 4.69) is 4.90 Å². The van der Waals surface area contributed by atoms with Gasteiger partial charge in [0.1, 0.15) is 6.04 Å². The fourth-order valence-corrected chi connectivity index (χ4v) is 2.46. The maximum absolute atomic E-state index is 11.8. The molecule has 5 heteroatoms. The topological polar surface area (TPSA) is 48.0 Å². The molecule has 0 saturated carbocycles. The van der Waals surface area contributed by atoms with Crippen molar-refractivity contribution < 1.29 is 19.0 Å². The lowest BCUT2D eigenvalue weighted by atomic mass is 10.2. The third-order valence-corrected chi connectivity index (χ3v) is 3.28.